The van der Waals surface area contributed by atoms with E-state index in [1.54, 1.807) is 0 Å². The van der Waals surface area contributed by atoms with Gasteiger partial charge in [0.2, 0.25) is 0 Å². The molecule has 1 aliphatic rings. The van der Waals surface area contributed by atoms with Gasteiger partial charge in [0.05, 0.1) is 12.9 Å². The number of aliphatic hydroxyl groups is 2. The minimum absolute atomic E-state index is 0.00501. The number of hydrogen-bond acceptors (Lipinski definition) is 12. The summed E-state index contributed by atoms with van der Waals surface area (Å²) in [7, 11) is -4.32. The van der Waals surface area contributed by atoms with E-state index in [4.69, 9.17) is 20.1 Å². The third-order valence-corrected chi connectivity index (χ3v) is 5.31. The SMILES string of the molecule is NS(=O)(=O)OC[C@H]1O[C@@H](n2cnc3c(NC(=O)N[C@@H](CCC(=O)O)C(=O)O)ncnc32)[C@H](O)[C@@H]1O. The van der Waals surface area contributed by atoms with Crippen molar-refractivity contribution in [2.24, 2.45) is 5.14 Å². The average Bonchev–Trinajstić information content (AvgIpc) is 3.31. The van der Waals surface area contributed by atoms with Crippen LogP contribution >= 0.6 is 0 Å². The summed E-state index contributed by atoms with van der Waals surface area (Å²) in [5.74, 6) is -2.83. The fourth-order valence-corrected chi connectivity index (χ4v) is 3.54. The van der Waals surface area contributed by atoms with Crippen molar-refractivity contribution in [3.8, 4) is 0 Å². The van der Waals surface area contributed by atoms with Crippen molar-refractivity contribution in [3.63, 3.8) is 0 Å². The van der Waals surface area contributed by atoms with E-state index in [1.165, 1.54) is 4.57 Å². The van der Waals surface area contributed by atoms with Crippen LogP contribution in [0.3, 0.4) is 0 Å². The maximum Gasteiger partial charge on any atom is 0.333 e. The van der Waals surface area contributed by atoms with Gasteiger partial charge in [-0.15, -0.1) is 0 Å². The number of urea groups is 1. The van der Waals surface area contributed by atoms with Crippen LogP contribution in [0.15, 0.2) is 12.7 Å². The maximum absolute atomic E-state index is 12.3. The molecular weight excluding hydrogens is 498 g/mol. The number of aliphatic carboxylic acids is 2. The van der Waals surface area contributed by atoms with Gasteiger partial charge in [-0.3, -0.25) is 18.9 Å². The monoisotopic (exact) mass is 519 g/mol. The van der Waals surface area contributed by atoms with E-state index < -0.39 is 71.9 Å². The fraction of sp³-hybridized carbons (Fsp3) is 0.500. The van der Waals surface area contributed by atoms with Gasteiger partial charge in [0.1, 0.15) is 30.7 Å². The highest BCUT2D eigenvalue weighted by Gasteiger charge is 2.45. The smallest absolute Gasteiger partial charge is 0.333 e. The van der Waals surface area contributed by atoms with E-state index in [9.17, 15) is 33.0 Å². The van der Waals surface area contributed by atoms with Gasteiger partial charge in [-0.25, -0.2) is 29.7 Å². The Balaban J connectivity index is 1.76. The van der Waals surface area contributed by atoms with Crippen molar-refractivity contribution in [2.75, 3.05) is 11.9 Å². The quantitative estimate of drug-likeness (QED) is 0.166. The molecule has 192 valence electrons. The zero-order valence-electron chi connectivity index (χ0n) is 17.6. The number of nitrogens with zero attached hydrogens (tertiary/aromatic N) is 4. The molecule has 18 nitrogen and oxygen atoms in total. The Kier molecular flexibility index (Phi) is 7.77. The summed E-state index contributed by atoms with van der Waals surface area (Å²) >= 11 is 0. The number of carboxylic acids is 2. The number of imidazole rings is 1. The molecule has 0 aliphatic carbocycles. The Morgan fingerprint density at radius 3 is 2.54 bits per heavy atom. The Bertz CT molecular complexity index is 1220. The van der Waals surface area contributed by atoms with Crippen LogP contribution in [0.5, 0.6) is 0 Å². The molecule has 1 fully saturated rings. The molecule has 5 atom stereocenters. The standard InChI is InChI=1S/C16H21N7O11S/c17-35(31,32)33-3-7-10(26)11(27)14(34-7)23-5-20-9-12(18-4-19-13(9)23)22-16(30)21-6(15(28)29)1-2-8(24)25/h4-7,10-11,14,26-27H,1-3H2,(H,24,25)(H,28,29)(H2,17,31,32)(H2,18,19,21,22,30)/t6-,7+,10+,11+,14+/m0/s1. The minimum atomic E-state index is -4.32. The first-order chi connectivity index (χ1) is 16.4. The summed E-state index contributed by atoms with van der Waals surface area (Å²) in [6.07, 6.45) is -4.33. The van der Waals surface area contributed by atoms with Crippen LogP contribution in [0, 0.1) is 0 Å². The molecule has 0 radical (unpaired) electrons. The van der Waals surface area contributed by atoms with Crippen molar-refractivity contribution < 1.29 is 52.1 Å². The Hall–Kier alpha value is -3.49. The molecule has 0 bridgehead atoms. The molecule has 0 unspecified atom stereocenters. The molecule has 2 amide bonds. The number of hydrogen-bond donors (Lipinski definition) is 7. The third kappa shape index (κ3) is 6.35. The molecule has 19 heteroatoms. The number of carbonyl (C=O) groups is 3. The van der Waals surface area contributed by atoms with Crippen molar-refractivity contribution in [3.05, 3.63) is 12.7 Å². The summed E-state index contributed by atoms with van der Waals surface area (Å²) in [5.41, 5.74) is 0.0230. The highest BCUT2D eigenvalue weighted by Crippen LogP contribution is 2.32. The summed E-state index contributed by atoms with van der Waals surface area (Å²) in [4.78, 5) is 46.1. The maximum atomic E-state index is 12.3. The van der Waals surface area contributed by atoms with Gasteiger partial charge >= 0.3 is 28.3 Å². The van der Waals surface area contributed by atoms with E-state index in [-0.39, 0.29) is 23.4 Å². The van der Waals surface area contributed by atoms with Gasteiger partial charge in [0, 0.05) is 6.42 Å². The number of carbonyl (C=O) groups excluding carboxylic acids is 1. The zero-order valence-corrected chi connectivity index (χ0v) is 18.4. The molecule has 0 saturated carbocycles. The lowest BCUT2D eigenvalue weighted by molar-refractivity contribution is -0.140. The lowest BCUT2D eigenvalue weighted by Gasteiger charge is -2.16. The normalized spacial score (nSPS) is 23.2. The summed E-state index contributed by atoms with van der Waals surface area (Å²) in [6, 6.07) is -2.49. The van der Waals surface area contributed by atoms with Crippen LogP contribution in [0.1, 0.15) is 19.1 Å². The third-order valence-electron chi connectivity index (χ3n) is 4.85. The number of fused-ring (bicyclic) bond motifs is 1. The lowest BCUT2D eigenvalue weighted by Crippen LogP contribution is -2.43. The Labute approximate surface area is 195 Å². The molecular formula is C16H21N7O11S. The lowest BCUT2D eigenvalue weighted by atomic mass is 10.1. The molecule has 8 N–H and O–H groups in total. The number of nitrogens with one attached hydrogen (secondary N) is 2. The van der Waals surface area contributed by atoms with Crippen LogP contribution in [-0.2, 0) is 28.8 Å². The Morgan fingerprint density at radius 1 is 1.20 bits per heavy atom. The number of amides is 2. The molecule has 0 spiro atoms. The van der Waals surface area contributed by atoms with Crippen molar-refractivity contribution in [1.82, 2.24) is 24.8 Å². The second-order valence-corrected chi connectivity index (χ2v) is 8.51. The second kappa shape index (κ2) is 10.4. The topological polar surface area (TPSA) is 278 Å². The summed E-state index contributed by atoms with van der Waals surface area (Å²) in [6.45, 7) is -0.672. The second-order valence-electron chi connectivity index (χ2n) is 7.29. The number of ether oxygens (including phenoxy) is 1. The summed E-state index contributed by atoms with van der Waals surface area (Å²) < 4.78 is 33.0. The first-order valence-corrected chi connectivity index (χ1v) is 11.2. The summed E-state index contributed by atoms with van der Waals surface area (Å²) in [5, 5.41) is 47.6. The molecule has 0 aromatic carbocycles. The number of aromatic nitrogens is 4. The number of anilines is 1. The number of aliphatic hydroxyl groups excluding tert-OH is 2. The largest absolute Gasteiger partial charge is 0.481 e. The number of carboxylic acid groups (broad SMARTS) is 2. The van der Waals surface area contributed by atoms with Crippen molar-refractivity contribution >= 4 is 45.3 Å². The van der Waals surface area contributed by atoms with E-state index in [0.29, 0.717) is 0 Å². The van der Waals surface area contributed by atoms with Crippen LogP contribution in [-0.4, -0.2) is 97.3 Å². The van der Waals surface area contributed by atoms with Crippen molar-refractivity contribution in [1.29, 1.82) is 0 Å². The van der Waals surface area contributed by atoms with Crippen molar-refractivity contribution in [2.45, 2.75) is 43.4 Å². The predicted octanol–water partition coefficient (Wildman–Crippen LogP) is -2.89. The minimum Gasteiger partial charge on any atom is -0.481 e. The van der Waals surface area contributed by atoms with E-state index >= 15 is 0 Å². The van der Waals surface area contributed by atoms with Gasteiger partial charge in [0.15, 0.2) is 23.2 Å². The first kappa shape index (κ1) is 26.1. The highest BCUT2D eigenvalue weighted by atomic mass is 32.2. The molecule has 1 aliphatic heterocycles. The van der Waals surface area contributed by atoms with Crippen LogP contribution in [0.4, 0.5) is 10.6 Å². The average molecular weight is 519 g/mol. The van der Waals surface area contributed by atoms with Gasteiger partial charge in [-0.05, 0) is 6.42 Å². The molecule has 1 saturated heterocycles. The highest BCUT2D eigenvalue weighted by molar-refractivity contribution is 7.84. The van der Waals surface area contributed by atoms with Crippen LogP contribution in [0.25, 0.3) is 11.2 Å². The number of rotatable bonds is 10. The van der Waals surface area contributed by atoms with Crippen LogP contribution in [0.2, 0.25) is 0 Å². The Morgan fingerprint density at radius 2 is 1.91 bits per heavy atom. The fourth-order valence-electron chi connectivity index (χ4n) is 3.22. The number of nitrogens with two attached hydrogens (primary N) is 1. The van der Waals surface area contributed by atoms with Gasteiger partial charge in [-0.1, -0.05) is 0 Å². The molecule has 2 aromatic rings. The van der Waals surface area contributed by atoms with Gasteiger partial charge < -0.3 is 30.5 Å². The first-order valence-electron chi connectivity index (χ1n) is 9.75. The molecule has 35 heavy (non-hydrogen) atoms. The molecule has 3 heterocycles. The van der Waals surface area contributed by atoms with E-state index in [1.807, 2.05) is 0 Å². The van der Waals surface area contributed by atoms with Gasteiger partial charge in [-0.2, -0.15) is 8.42 Å². The zero-order chi connectivity index (χ0) is 25.9. The van der Waals surface area contributed by atoms with Crippen LogP contribution < -0.4 is 15.8 Å². The van der Waals surface area contributed by atoms with E-state index in [0.717, 1.165) is 12.7 Å². The molecule has 2 aromatic heterocycles. The molecule has 3 rings (SSSR count). The predicted molar refractivity (Wildman–Crippen MR) is 111 cm³/mol. The van der Waals surface area contributed by atoms with Gasteiger partial charge in [0.25, 0.3) is 0 Å². The van der Waals surface area contributed by atoms with E-state index in [2.05, 4.69) is 29.8 Å².